The Bertz CT molecular complexity index is 601. The van der Waals surface area contributed by atoms with E-state index in [2.05, 4.69) is 73.2 Å². The number of aliphatic imine (C=N–C) groups is 1. The van der Waals surface area contributed by atoms with E-state index in [0.29, 0.717) is 0 Å². The Labute approximate surface area is 134 Å². The Morgan fingerprint density at radius 1 is 1.29 bits per heavy atom. The van der Waals surface area contributed by atoms with Gasteiger partial charge in [-0.1, -0.05) is 28.1 Å². The zero-order chi connectivity index (χ0) is 15.2. The fourth-order valence-electron chi connectivity index (χ4n) is 2.15. The molecule has 1 N–H and O–H groups in total. The van der Waals surface area contributed by atoms with E-state index in [1.165, 1.54) is 11.3 Å². The first-order chi connectivity index (χ1) is 10.1. The van der Waals surface area contributed by atoms with Crippen molar-refractivity contribution in [2.24, 2.45) is 12.0 Å². The summed E-state index contributed by atoms with van der Waals surface area (Å²) in [4.78, 5) is 6.46. The molecule has 0 amide bonds. The van der Waals surface area contributed by atoms with Crippen molar-refractivity contribution in [1.29, 1.82) is 0 Å². The van der Waals surface area contributed by atoms with E-state index in [0.717, 1.165) is 23.5 Å². The number of guanidine groups is 1. The molecule has 0 unspecified atom stereocenters. The lowest BCUT2D eigenvalue weighted by molar-refractivity contribution is 0.461. The van der Waals surface area contributed by atoms with Crippen LogP contribution in [0.1, 0.15) is 11.3 Å². The van der Waals surface area contributed by atoms with Crippen LogP contribution in [0.25, 0.3) is 0 Å². The second-order valence-electron chi connectivity index (χ2n) is 4.99. The zero-order valence-electron chi connectivity index (χ0n) is 12.7. The predicted octanol–water partition coefficient (Wildman–Crippen LogP) is 3.00. The molecule has 4 nitrogen and oxygen atoms in total. The Morgan fingerprint density at radius 3 is 2.57 bits per heavy atom. The molecule has 0 fully saturated rings. The quantitative estimate of drug-likeness (QED) is 0.680. The first-order valence-electron chi connectivity index (χ1n) is 6.86. The molecule has 0 radical (unpaired) electrons. The van der Waals surface area contributed by atoms with Gasteiger partial charge in [0.2, 0.25) is 0 Å². The molecule has 0 aliphatic rings. The van der Waals surface area contributed by atoms with Crippen molar-refractivity contribution in [2.75, 3.05) is 14.1 Å². The molecule has 112 valence electrons. The highest BCUT2D eigenvalue weighted by Crippen LogP contribution is 2.10. The number of benzene rings is 1. The number of aromatic nitrogens is 1. The van der Waals surface area contributed by atoms with Gasteiger partial charge < -0.3 is 14.8 Å². The van der Waals surface area contributed by atoms with Gasteiger partial charge >= 0.3 is 0 Å². The maximum Gasteiger partial charge on any atom is 0.194 e. The highest BCUT2D eigenvalue weighted by molar-refractivity contribution is 9.10. The van der Waals surface area contributed by atoms with E-state index in [1.807, 2.05) is 26.2 Å². The molecular formula is C16H21BrN4. The van der Waals surface area contributed by atoms with Gasteiger partial charge in [-0.15, -0.1) is 0 Å². The van der Waals surface area contributed by atoms with Crippen molar-refractivity contribution in [3.8, 4) is 0 Å². The number of hydrogen-bond acceptors (Lipinski definition) is 1. The van der Waals surface area contributed by atoms with Crippen molar-refractivity contribution < 1.29 is 0 Å². The van der Waals surface area contributed by atoms with E-state index >= 15 is 0 Å². The lowest BCUT2D eigenvalue weighted by Crippen LogP contribution is -2.38. The minimum atomic E-state index is 0.761. The lowest BCUT2D eigenvalue weighted by atomic mass is 10.2. The molecule has 5 heteroatoms. The van der Waals surface area contributed by atoms with Crippen LogP contribution >= 0.6 is 15.9 Å². The van der Waals surface area contributed by atoms with E-state index in [9.17, 15) is 0 Å². The summed E-state index contributed by atoms with van der Waals surface area (Å²) in [6, 6.07) is 12.5. The second-order valence-corrected chi connectivity index (χ2v) is 5.91. The number of rotatable bonds is 4. The summed E-state index contributed by atoms with van der Waals surface area (Å²) in [7, 11) is 5.91. The summed E-state index contributed by atoms with van der Waals surface area (Å²) >= 11 is 3.45. The highest BCUT2D eigenvalue weighted by Gasteiger charge is 2.08. The van der Waals surface area contributed by atoms with Crippen LogP contribution < -0.4 is 5.32 Å². The summed E-state index contributed by atoms with van der Waals surface area (Å²) in [6.07, 6.45) is 2.06. The third kappa shape index (κ3) is 4.36. The Hall–Kier alpha value is -1.75. The highest BCUT2D eigenvalue weighted by atomic mass is 79.9. The monoisotopic (exact) mass is 348 g/mol. The largest absolute Gasteiger partial charge is 0.353 e. The summed E-state index contributed by atoms with van der Waals surface area (Å²) in [6.45, 7) is 1.58. The minimum absolute atomic E-state index is 0.761. The average molecular weight is 349 g/mol. The van der Waals surface area contributed by atoms with Crippen LogP contribution in [-0.2, 0) is 20.1 Å². The van der Waals surface area contributed by atoms with Crippen molar-refractivity contribution in [3.05, 3.63) is 58.3 Å². The molecule has 0 saturated carbocycles. The van der Waals surface area contributed by atoms with Crippen LogP contribution in [0.15, 0.2) is 52.1 Å². The molecular weight excluding hydrogens is 328 g/mol. The van der Waals surface area contributed by atoms with Crippen LogP contribution in [0.5, 0.6) is 0 Å². The SMILES string of the molecule is CN=C(NCc1ccc(Br)cc1)N(C)Cc1cccn1C. The Balaban J connectivity index is 1.93. The smallest absolute Gasteiger partial charge is 0.194 e. The molecule has 0 spiro atoms. The average Bonchev–Trinajstić information content (AvgIpc) is 2.87. The third-order valence-corrected chi connectivity index (χ3v) is 3.92. The normalized spacial score (nSPS) is 11.5. The molecule has 1 heterocycles. The predicted molar refractivity (Wildman–Crippen MR) is 91.2 cm³/mol. The topological polar surface area (TPSA) is 32.6 Å². The van der Waals surface area contributed by atoms with Crippen LogP contribution in [0, 0.1) is 0 Å². The van der Waals surface area contributed by atoms with Gasteiger partial charge in [-0.3, -0.25) is 4.99 Å². The van der Waals surface area contributed by atoms with Gasteiger partial charge in [-0.2, -0.15) is 0 Å². The summed E-state index contributed by atoms with van der Waals surface area (Å²) in [5.41, 5.74) is 2.48. The number of hydrogen-bond donors (Lipinski definition) is 1. The van der Waals surface area contributed by atoms with Gasteiger partial charge in [-0.25, -0.2) is 0 Å². The number of aryl methyl sites for hydroxylation is 1. The van der Waals surface area contributed by atoms with Gasteiger partial charge in [0.05, 0.1) is 6.54 Å². The summed E-state index contributed by atoms with van der Waals surface area (Å²) in [5.74, 6) is 0.888. The van der Waals surface area contributed by atoms with Crippen LogP contribution in [0.4, 0.5) is 0 Å². The van der Waals surface area contributed by atoms with E-state index in [1.54, 1.807) is 0 Å². The number of nitrogens with one attached hydrogen (secondary N) is 1. The molecule has 0 atom stereocenters. The molecule has 21 heavy (non-hydrogen) atoms. The molecule has 1 aromatic heterocycles. The van der Waals surface area contributed by atoms with E-state index < -0.39 is 0 Å². The molecule has 0 saturated heterocycles. The summed E-state index contributed by atoms with van der Waals surface area (Å²) in [5, 5.41) is 3.39. The molecule has 1 aromatic carbocycles. The standard InChI is InChI=1S/C16H21BrN4/c1-18-16(19-11-13-6-8-14(17)9-7-13)21(3)12-15-5-4-10-20(15)2/h4-10H,11-12H2,1-3H3,(H,18,19). The minimum Gasteiger partial charge on any atom is -0.353 e. The lowest BCUT2D eigenvalue weighted by Gasteiger charge is -2.22. The van der Waals surface area contributed by atoms with E-state index in [-0.39, 0.29) is 0 Å². The number of halogens is 1. The van der Waals surface area contributed by atoms with Gasteiger partial charge in [0.1, 0.15) is 0 Å². The van der Waals surface area contributed by atoms with Crippen molar-refractivity contribution in [1.82, 2.24) is 14.8 Å². The number of nitrogens with zero attached hydrogens (tertiary/aromatic N) is 3. The van der Waals surface area contributed by atoms with Crippen LogP contribution in [0.3, 0.4) is 0 Å². The van der Waals surface area contributed by atoms with E-state index in [4.69, 9.17) is 0 Å². The molecule has 2 rings (SSSR count). The van der Waals surface area contributed by atoms with Gasteiger partial charge in [0, 0.05) is 44.1 Å². The van der Waals surface area contributed by atoms with Gasteiger partial charge in [-0.05, 0) is 29.8 Å². The zero-order valence-corrected chi connectivity index (χ0v) is 14.3. The van der Waals surface area contributed by atoms with Gasteiger partial charge in [0.15, 0.2) is 5.96 Å². The van der Waals surface area contributed by atoms with Crippen molar-refractivity contribution >= 4 is 21.9 Å². The van der Waals surface area contributed by atoms with Gasteiger partial charge in [0.25, 0.3) is 0 Å². The fourth-order valence-corrected chi connectivity index (χ4v) is 2.41. The fraction of sp³-hybridized carbons (Fsp3) is 0.312. The molecule has 0 aliphatic carbocycles. The first-order valence-corrected chi connectivity index (χ1v) is 7.66. The molecule has 2 aromatic rings. The maximum absolute atomic E-state index is 4.34. The second kappa shape index (κ2) is 7.31. The third-order valence-electron chi connectivity index (χ3n) is 3.39. The maximum atomic E-state index is 4.34. The molecule has 0 aliphatic heterocycles. The van der Waals surface area contributed by atoms with Crippen molar-refractivity contribution in [3.63, 3.8) is 0 Å². The Morgan fingerprint density at radius 2 is 2.00 bits per heavy atom. The summed E-state index contributed by atoms with van der Waals surface area (Å²) < 4.78 is 3.22. The first kappa shape index (κ1) is 15.6. The van der Waals surface area contributed by atoms with Crippen LogP contribution in [-0.4, -0.2) is 29.5 Å². The molecule has 0 bridgehead atoms. The van der Waals surface area contributed by atoms with Crippen LogP contribution in [0.2, 0.25) is 0 Å². The Kier molecular flexibility index (Phi) is 5.44. The van der Waals surface area contributed by atoms with Crippen molar-refractivity contribution in [2.45, 2.75) is 13.1 Å².